The predicted octanol–water partition coefficient (Wildman–Crippen LogP) is 4.18. The third-order valence-corrected chi connectivity index (χ3v) is 5.57. The number of carbonyl (C=O) groups is 1. The first kappa shape index (κ1) is 16.7. The molecule has 1 aliphatic carbocycles. The van der Waals surface area contributed by atoms with Gasteiger partial charge in [-0.05, 0) is 67.1 Å². The Bertz CT molecular complexity index is 916. The van der Waals surface area contributed by atoms with Crippen LogP contribution in [0.3, 0.4) is 0 Å². The molecule has 0 spiro atoms. The van der Waals surface area contributed by atoms with E-state index < -0.39 is 0 Å². The van der Waals surface area contributed by atoms with Gasteiger partial charge >= 0.3 is 5.97 Å². The summed E-state index contributed by atoms with van der Waals surface area (Å²) >= 11 is 0. The van der Waals surface area contributed by atoms with Crippen molar-refractivity contribution < 1.29 is 14.3 Å². The van der Waals surface area contributed by atoms with Crippen LogP contribution >= 0.6 is 0 Å². The van der Waals surface area contributed by atoms with Crippen LogP contribution in [0.5, 0.6) is 5.75 Å². The molecule has 1 aliphatic heterocycles. The number of nitrogen functional groups attached to an aromatic ring is 1. The Morgan fingerprint density at radius 1 is 1.31 bits per heavy atom. The van der Waals surface area contributed by atoms with Crippen molar-refractivity contribution in [1.82, 2.24) is 0 Å². The molecule has 0 saturated carbocycles. The van der Waals surface area contributed by atoms with E-state index in [1.165, 1.54) is 11.1 Å². The van der Waals surface area contributed by atoms with E-state index in [1.54, 1.807) is 0 Å². The van der Waals surface area contributed by atoms with Gasteiger partial charge in [0.2, 0.25) is 0 Å². The van der Waals surface area contributed by atoms with Crippen molar-refractivity contribution in [2.24, 2.45) is 5.92 Å². The first-order chi connectivity index (χ1) is 12.5. The molecular weight excluding hydrogens is 326 g/mol. The number of nitrogens with two attached hydrogens (primary N) is 1. The Balaban J connectivity index is 1.68. The molecule has 2 N–H and O–H groups in total. The van der Waals surface area contributed by atoms with E-state index in [1.807, 2.05) is 31.2 Å². The Hall–Kier alpha value is -2.75. The van der Waals surface area contributed by atoms with Crippen molar-refractivity contribution in [1.29, 1.82) is 0 Å². The lowest BCUT2D eigenvalue weighted by atomic mass is 9.76. The summed E-state index contributed by atoms with van der Waals surface area (Å²) in [5, 5.41) is 0. The molecule has 134 valence electrons. The number of benzene rings is 2. The lowest BCUT2D eigenvalue weighted by Gasteiger charge is -2.30. The van der Waals surface area contributed by atoms with Crippen LogP contribution in [0.4, 0.5) is 5.69 Å². The van der Waals surface area contributed by atoms with Crippen LogP contribution in [-0.2, 0) is 22.6 Å². The number of anilines is 1. The number of hydrogen-bond donors (Lipinski definition) is 1. The molecule has 1 heterocycles. The average molecular weight is 349 g/mol. The molecule has 0 amide bonds. The van der Waals surface area contributed by atoms with Gasteiger partial charge in [0.05, 0.1) is 0 Å². The molecule has 4 rings (SSSR count). The van der Waals surface area contributed by atoms with Crippen molar-refractivity contribution in [2.45, 2.75) is 39.4 Å². The summed E-state index contributed by atoms with van der Waals surface area (Å²) in [6.45, 7) is 8.52. The van der Waals surface area contributed by atoms with E-state index >= 15 is 0 Å². The zero-order valence-electron chi connectivity index (χ0n) is 15.2. The highest BCUT2D eigenvalue weighted by Crippen LogP contribution is 2.49. The molecule has 26 heavy (non-hydrogen) atoms. The highest BCUT2D eigenvalue weighted by atomic mass is 16.6. The lowest BCUT2D eigenvalue weighted by molar-refractivity contribution is -0.139. The molecule has 2 aromatic carbocycles. The number of rotatable bonds is 3. The summed E-state index contributed by atoms with van der Waals surface area (Å²) in [6.07, 6.45) is 1.62. The standard InChI is InChI=1S/C22H23NO3/c1-12-9-19(25-11-15-5-4-6-16(23)10-15)14(3)20-17(12)7-8-18-13(2)22(24)26-21(18)20/h4-6,9-10,18,21H,2,7-8,11,23H2,1,3H3/t18-,21+/m0/s1. The molecule has 0 bridgehead atoms. The number of fused-ring (bicyclic) bond motifs is 3. The van der Waals surface area contributed by atoms with Gasteiger partial charge in [-0.2, -0.15) is 0 Å². The maximum atomic E-state index is 12.0. The molecule has 2 aromatic rings. The van der Waals surface area contributed by atoms with Crippen LogP contribution in [-0.4, -0.2) is 5.97 Å². The largest absolute Gasteiger partial charge is 0.489 e. The van der Waals surface area contributed by atoms with Crippen molar-refractivity contribution >= 4 is 11.7 Å². The monoisotopic (exact) mass is 349 g/mol. The van der Waals surface area contributed by atoms with Crippen molar-refractivity contribution in [2.75, 3.05) is 5.73 Å². The van der Waals surface area contributed by atoms with Gasteiger partial charge in [0.25, 0.3) is 0 Å². The molecular formula is C22H23NO3. The maximum Gasteiger partial charge on any atom is 0.334 e. The third kappa shape index (κ3) is 2.66. The van der Waals surface area contributed by atoms with Crippen molar-refractivity contribution in [3.05, 3.63) is 70.3 Å². The fourth-order valence-electron chi connectivity index (χ4n) is 4.17. The van der Waals surface area contributed by atoms with E-state index in [2.05, 4.69) is 19.6 Å². The maximum absolute atomic E-state index is 12.0. The molecule has 0 unspecified atom stereocenters. The fourth-order valence-corrected chi connectivity index (χ4v) is 4.17. The molecule has 4 nitrogen and oxygen atoms in total. The second kappa shape index (κ2) is 6.20. The summed E-state index contributed by atoms with van der Waals surface area (Å²) in [5.41, 5.74) is 12.8. The quantitative estimate of drug-likeness (QED) is 0.513. The highest BCUT2D eigenvalue weighted by Gasteiger charge is 2.44. The minimum atomic E-state index is -0.268. The van der Waals surface area contributed by atoms with E-state index in [9.17, 15) is 4.79 Å². The average Bonchev–Trinajstić information content (AvgIpc) is 2.91. The predicted molar refractivity (Wildman–Crippen MR) is 101 cm³/mol. The van der Waals surface area contributed by atoms with E-state index in [0.717, 1.165) is 41.0 Å². The normalized spacial score (nSPS) is 21.2. The molecule has 0 radical (unpaired) electrons. The zero-order chi connectivity index (χ0) is 18.4. The summed E-state index contributed by atoms with van der Waals surface area (Å²) in [4.78, 5) is 12.0. The van der Waals surface area contributed by atoms with Gasteiger partial charge < -0.3 is 15.2 Å². The van der Waals surface area contributed by atoms with Gasteiger partial charge in [-0.1, -0.05) is 18.7 Å². The number of carbonyl (C=O) groups excluding carboxylic acids is 1. The Morgan fingerprint density at radius 2 is 2.12 bits per heavy atom. The van der Waals surface area contributed by atoms with Gasteiger partial charge in [0.15, 0.2) is 0 Å². The first-order valence-electron chi connectivity index (χ1n) is 8.95. The summed E-state index contributed by atoms with van der Waals surface area (Å²) in [5.74, 6) is 0.645. The van der Waals surface area contributed by atoms with Crippen LogP contribution in [0.2, 0.25) is 0 Å². The van der Waals surface area contributed by atoms with E-state index in [0.29, 0.717) is 12.2 Å². The molecule has 2 atom stereocenters. The topological polar surface area (TPSA) is 61.5 Å². The third-order valence-electron chi connectivity index (χ3n) is 5.57. The first-order valence-corrected chi connectivity index (χ1v) is 8.95. The van der Waals surface area contributed by atoms with Gasteiger partial charge in [0.1, 0.15) is 18.5 Å². The van der Waals surface area contributed by atoms with E-state index in [4.69, 9.17) is 15.2 Å². The number of esters is 1. The minimum absolute atomic E-state index is 0.0808. The van der Waals surface area contributed by atoms with Crippen LogP contribution in [0.1, 0.15) is 40.3 Å². The van der Waals surface area contributed by atoms with Crippen molar-refractivity contribution in [3.63, 3.8) is 0 Å². The number of aryl methyl sites for hydroxylation is 1. The second-order valence-electron chi connectivity index (χ2n) is 7.24. The highest BCUT2D eigenvalue weighted by molar-refractivity contribution is 5.91. The van der Waals surface area contributed by atoms with Gasteiger partial charge in [-0.3, -0.25) is 0 Å². The molecule has 1 saturated heterocycles. The van der Waals surface area contributed by atoms with Gasteiger partial charge in [0, 0.05) is 22.7 Å². The van der Waals surface area contributed by atoms with Crippen molar-refractivity contribution in [3.8, 4) is 5.75 Å². The summed E-state index contributed by atoms with van der Waals surface area (Å²) in [7, 11) is 0. The minimum Gasteiger partial charge on any atom is -0.489 e. The van der Waals surface area contributed by atoms with E-state index in [-0.39, 0.29) is 18.0 Å². The molecule has 4 heteroatoms. The van der Waals surface area contributed by atoms with Crippen LogP contribution < -0.4 is 10.5 Å². The Labute approximate surface area is 153 Å². The van der Waals surface area contributed by atoms with Crippen LogP contribution in [0, 0.1) is 19.8 Å². The fraction of sp³-hybridized carbons (Fsp3) is 0.318. The second-order valence-corrected chi connectivity index (χ2v) is 7.24. The summed E-state index contributed by atoms with van der Waals surface area (Å²) < 4.78 is 11.8. The molecule has 1 fully saturated rings. The number of hydrogen-bond acceptors (Lipinski definition) is 4. The Kier molecular flexibility index (Phi) is 3.98. The molecule has 2 aliphatic rings. The number of ether oxygens (including phenoxy) is 2. The Morgan fingerprint density at radius 3 is 2.88 bits per heavy atom. The SMILES string of the molecule is C=C1C(=O)O[C@H]2c3c(C)c(OCc4cccc(N)c4)cc(C)c3CC[C@@H]12. The summed E-state index contributed by atoms with van der Waals surface area (Å²) in [6, 6.07) is 9.79. The molecule has 0 aromatic heterocycles. The zero-order valence-corrected chi connectivity index (χ0v) is 15.2. The smallest absolute Gasteiger partial charge is 0.334 e. The lowest BCUT2D eigenvalue weighted by Crippen LogP contribution is -2.20. The van der Waals surface area contributed by atoms with Gasteiger partial charge in [-0.15, -0.1) is 0 Å². The van der Waals surface area contributed by atoms with Gasteiger partial charge in [-0.25, -0.2) is 4.79 Å². The van der Waals surface area contributed by atoms with Crippen LogP contribution in [0.15, 0.2) is 42.5 Å². The van der Waals surface area contributed by atoms with Crippen LogP contribution in [0.25, 0.3) is 0 Å².